The summed E-state index contributed by atoms with van der Waals surface area (Å²) in [6, 6.07) is 7.51. The predicted octanol–water partition coefficient (Wildman–Crippen LogP) is 4.63. The molecule has 2 N–H and O–H groups in total. The zero-order valence-electron chi connectivity index (χ0n) is 13.2. The minimum Gasteiger partial charge on any atom is -0.508 e. The van der Waals surface area contributed by atoms with Crippen molar-refractivity contribution in [2.24, 2.45) is 0 Å². The number of hydrogen-bond acceptors (Lipinski definition) is 2. The van der Waals surface area contributed by atoms with Crippen molar-refractivity contribution in [2.75, 3.05) is 0 Å². The average Bonchev–Trinajstić information content (AvgIpc) is 2.39. The Bertz CT molecular complexity index is 563. The summed E-state index contributed by atoms with van der Waals surface area (Å²) < 4.78 is 0. The molecule has 0 spiro atoms. The molecule has 0 fully saturated rings. The highest BCUT2D eigenvalue weighted by molar-refractivity contribution is 5.42. The molecule has 20 heavy (non-hydrogen) atoms. The maximum atomic E-state index is 9.28. The summed E-state index contributed by atoms with van der Waals surface area (Å²) in [7, 11) is 0. The van der Waals surface area contributed by atoms with E-state index in [4.69, 9.17) is 0 Å². The lowest BCUT2D eigenvalue weighted by molar-refractivity contribution is 0.469. The van der Waals surface area contributed by atoms with Crippen LogP contribution in [0.3, 0.4) is 0 Å². The molecule has 0 radical (unpaired) electrons. The van der Waals surface area contributed by atoms with Crippen LogP contribution in [0.25, 0.3) is 0 Å². The Morgan fingerprint density at radius 2 is 1.20 bits per heavy atom. The van der Waals surface area contributed by atoms with Crippen molar-refractivity contribution in [1.82, 2.24) is 0 Å². The van der Waals surface area contributed by atoms with E-state index >= 15 is 0 Å². The van der Waals surface area contributed by atoms with Gasteiger partial charge in [0.2, 0.25) is 0 Å². The summed E-state index contributed by atoms with van der Waals surface area (Å²) in [5.74, 6) is 0.792. The van der Waals surface area contributed by atoms with Gasteiger partial charge in [0.15, 0.2) is 0 Å². The van der Waals surface area contributed by atoms with Crippen LogP contribution in [0, 0.1) is 41.5 Å². The molecule has 0 aromatic heterocycles. The number of rotatable bonds is 0. The van der Waals surface area contributed by atoms with E-state index in [0.717, 1.165) is 22.3 Å². The number of hydrogen-bond donors (Lipinski definition) is 2. The van der Waals surface area contributed by atoms with Gasteiger partial charge in [0.25, 0.3) is 0 Å². The number of benzene rings is 2. The fourth-order valence-electron chi connectivity index (χ4n) is 1.96. The third kappa shape index (κ3) is 3.77. The molecule has 0 bridgehead atoms. The fraction of sp³-hybridized carbons (Fsp3) is 0.333. The van der Waals surface area contributed by atoms with Crippen LogP contribution in [0.2, 0.25) is 0 Å². The molecule has 0 unspecified atom stereocenters. The highest BCUT2D eigenvalue weighted by Crippen LogP contribution is 2.22. The van der Waals surface area contributed by atoms with Crippen LogP contribution in [-0.4, -0.2) is 10.2 Å². The highest BCUT2D eigenvalue weighted by atomic mass is 16.3. The Kier molecular flexibility index (Phi) is 5.20. The fourth-order valence-corrected chi connectivity index (χ4v) is 1.96. The van der Waals surface area contributed by atoms with Gasteiger partial charge < -0.3 is 10.2 Å². The molecule has 0 aliphatic heterocycles. The molecule has 0 atom stereocenters. The molecule has 108 valence electrons. The van der Waals surface area contributed by atoms with Crippen molar-refractivity contribution in [2.45, 2.75) is 41.5 Å². The molecular weight excluding hydrogens is 248 g/mol. The van der Waals surface area contributed by atoms with E-state index in [1.807, 2.05) is 47.6 Å². The van der Waals surface area contributed by atoms with Crippen molar-refractivity contribution in [3.63, 3.8) is 0 Å². The molecule has 0 amide bonds. The van der Waals surface area contributed by atoms with Crippen LogP contribution >= 0.6 is 0 Å². The lowest BCUT2D eigenvalue weighted by Gasteiger charge is -2.04. The second kappa shape index (κ2) is 6.47. The SMILES string of the molecule is Cc1cc(C)c(C)c(O)c1.Cc1ccc(O)c(C)c1C. The third-order valence-corrected chi connectivity index (χ3v) is 3.81. The summed E-state index contributed by atoms with van der Waals surface area (Å²) in [4.78, 5) is 0. The second-order valence-electron chi connectivity index (χ2n) is 5.38. The van der Waals surface area contributed by atoms with E-state index < -0.39 is 0 Å². The number of phenols is 2. The van der Waals surface area contributed by atoms with Gasteiger partial charge in [-0.1, -0.05) is 12.1 Å². The Balaban J connectivity index is 0.000000200. The van der Waals surface area contributed by atoms with E-state index in [2.05, 4.69) is 6.07 Å². The summed E-state index contributed by atoms with van der Waals surface area (Å²) in [5.41, 5.74) is 6.64. The average molecular weight is 272 g/mol. The third-order valence-electron chi connectivity index (χ3n) is 3.81. The van der Waals surface area contributed by atoms with Crippen LogP contribution in [0.5, 0.6) is 11.5 Å². The predicted molar refractivity (Wildman–Crippen MR) is 84.6 cm³/mol. The second-order valence-corrected chi connectivity index (χ2v) is 5.38. The zero-order valence-corrected chi connectivity index (χ0v) is 13.2. The summed E-state index contributed by atoms with van der Waals surface area (Å²) in [6.07, 6.45) is 0. The topological polar surface area (TPSA) is 40.5 Å². The summed E-state index contributed by atoms with van der Waals surface area (Å²) in [6.45, 7) is 11.9. The van der Waals surface area contributed by atoms with E-state index in [9.17, 15) is 10.2 Å². The Hall–Kier alpha value is -1.96. The Morgan fingerprint density at radius 3 is 1.70 bits per heavy atom. The highest BCUT2D eigenvalue weighted by Gasteiger charge is 2.00. The van der Waals surface area contributed by atoms with Gasteiger partial charge in [-0.15, -0.1) is 0 Å². The molecular formula is C18H24O2. The van der Waals surface area contributed by atoms with Crippen LogP contribution in [0.1, 0.15) is 33.4 Å². The quantitative estimate of drug-likeness (QED) is 0.733. The van der Waals surface area contributed by atoms with E-state index in [0.29, 0.717) is 11.5 Å². The monoisotopic (exact) mass is 272 g/mol. The lowest BCUT2D eigenvalue weighted by atomic mass is 10.0. The minimum absolute atomic E-state index is 0.392. The van der Waals surface area contributed by atoms with Gasteiger partial charge in [0.1, 0.15) is 11.5 Å². The molecule has 0 aliphatic rings. The number of aromatic hydroxyl groups is 2. The largest absolute Gasteiger partial charge is 0.508 e. The van der Waals surface area contributed by atoms with Gasteiger partial charge in [-0.25, -0.2) is 0 Å². The summed E-state index contributed by atoms with van der Waals surface area (Å²) >= 11 is 0. The molecule has 0 aliphatic carbocycles. The first-order valence-corrected chi connectivity index (χ1v) is 6.76. The molecule has 2 heteroatoms. The van der Waals surface area contributed by atoms with Crippen molar-refractivity contribution in [3.05, 3.63) is 57.6 Å². The first-order valence-electron chi connectivity index (χ1n) is 6.76. The van der Waals surface area contributed by atoms with Crippen LogP contribution in [0.4, 0.5) is 0 Å². The van der Waals surface area contributed by atoms with Gasteiger partial charge in [0, 0.05) is 0 Å². The van der Waals surface area contributed by atoms with Crippen molar-refractivity contribution < 1.29 is 10.2 Å². The van der Waals surface area contributed by atoms with E-state index in [1.165, 1.54) is 11.1 Å². The minimum atomic E-state index is 0.392. The molecule has 0 saturated carbocycles. The smallest absolute Gasteiger partial charge is 0.119 e. The Morgan fingerprint density at radius 1 is 0.600 bits per heavy atom. The normalized spacial score (nSPS) is 9.90. The lowest BCUT2D eigenvalue weighted by Crippen LogP contribution is -1.85. The Labute approximate surface area is 121 Å². The van der Waals surface area contributed by atoms with Crippen molar-refractivity contribution in [3.8, 4) is 11.5 Å². The van der Waals surface area contributed by atoms with Crippen LogP contribution in [-0.2, 0) is 0 Å². The maximum Gasteiger partial charge on any atom is 0.119 e. The molecule has 2 aromatic carbocycles. The first-order chi connectivity index (χ1) is 9.23. The maximum absolute atomic E-state index is 9.28. The first kappa shape index (κ1) is 16.1. The van der Waals surface area contributed by atoms with Gasteiger partial charge >= 0.3 is 0 Å². The molecule has 2 aromatic rings. The van der Waals surface area contributed by atoms with E-state index in [-0.39, 0.29) is 0 Å². The van der Waals surface area contributed by atoms with Gasteiger partial charge in [-0.3, -0.25) is 0 Å². The molecule has 2 nitrogen and oxygen atoms in total. The molecule has 2 rings (SSSR count). The van der Waals surface area contributed by atoms with E-state index in [1.54, 1.807) is 12.1 Å². The van der Waals surface area contributed by atoms with Crippen molar-refractivity contribution in [1.29, 1.82) is 0 Å². The van der Waals surface area contributed by atoms with Crippen LogP contribution < -0.4 is 0 Å². The number of phenolic OH excluding ortho intramolecular Hbond substituents is 2. The summed E-state index contributed by atoms with van der Waals surface area (Å²) in [5, 5.41) is 18.5. The van der Waals surface area contributed by atoms with Gasteiger partial charge in [-0.2, -0.15) is 0 Å². The van der Waals surface area contributed by atoms with Crippen LogP contribution in [0.15, 0.2) is 24.3 Å². The molecule has 0 saturated heterocycles. The zero-order chi connectivity index (χ0) is 15.4. The van der Waals surface area contributed by atoms with Crippen molar-refractivity contribution >= 4 is 0 Å². The molecule has 0 heterocycles. The number of aryl methyl sites for hydroxylation is 3. The van der Waals surface area contributed by atoms with Gasteiger partial charge in [0.05, 0.1) is 0 Å². The van der Waals surface area contributed by atoms with Gasteiger partial charge in [-0.05, 0) is 87.1 Å². The standard InChI is InChI=1S/2C9H12O/c1-6-4-7(2)8(3)9(10)5-6;1-6-4-5-9(10)8(3)7(6)2/h2*4-5,10H,1-3H3.